The summed E-state index contributed by atoms with van der Waals surface area (Å²) < 4.78 is 0. The van der Waals surface area contributed by atoms with E-state index in [-0.39, 0.29) is 5.78 Å². The zero-order chi connectivity index (χ0) is 18.4. The maximum absolute atomic E-state index is 11.1. The lowest BCUT2D eigenvalue weighted by Gasteiger charge is -2.01. The van der Waals surface area contributed by atoms with E-state index in [1.165, 1.54) is 109 Å². The first-order valence-corrected chi connectivity index (χ1v) is 11.1. The summed E-state index contributed by atoms with van der Waals surface area (Å²) in [5, 5.41) is 0. The molecule has 0 aliphatic rings. The Morgan fingerprint density at radius 3 is 1.48 bits per heavy atom. The smallest absolute Gasteiger partial charge is 0.155 e. The van der Waals surface area contributed by atoms with Crippen molar-refractivity contribution in [2.75, 3.05) is 0 Å². The van der Waals surface area contributed by atoms with Gasteiger partial charge in [-0.2, -0.15) is 0 Å². The lowest BCUT2D eigenvalue weighted by Crippen LogP contribution is -1.91. The molecule has 0 aromatic heterocycles. The molecule has 0 bridgehead atoms. The zero-order valence-corrected chi connectivity index (χ0v) is 17.1. The normalized spacial score (nSPS) is 11.2. The van der Waals surface area contributed by atoms with E-state index in [9.17, 15) is 4.79 Å². The number of carbonyl (C=O) groups is 1. The van der Waals surface area contributed by atoms with Gasteiger partial charge in [-0.3, -0.25) is 4.79 Å². The average Bonchev–Trinajstić information content (AvgIpc) is 2.63. The van der Waals surface area contributed by atoms with E-state index in [4.69, 9.17) is 0 Å². The molecular formula is C24H44O. The van der Waals surface area contributed by atoms with Crippen LogP contribution in [0.4, 0.5) is 0 Å². The van der Waals surface area contributed by atoms with Crippen LogP contribution in [0.1, 0.15) is 122 Å². The van der Waals surface area contributed by atoms with Crippen LogP contribution in [0.5, 0.6) is 0 Å². The van der Waals surface area contributed by atoms with Crippen molar-refractivity contribution in [3.8, 4) is 0 Å². The summed E-state index contributed by atoms with van der Waals surface area (Å²) in [5.41, 5.74) is 0. The number of unbranched alkanes of at least 4 members (excludes halogenated alkanes) is 15. The molecule has 146 valence electrons. The highest BCUT2D eigenvalue weighted by atomic mass is 16.1. The van der Waals surface area contributed by atoms with E-state index in [1.54, 1.807) is 0 Å². The number of rotatable bonds is 20. The zero-order valence-electron chi connectivity index (χ0n) is 17.1. The minimum atomic E-state index is 0.195. The van der Waals surface area contributed by atoms with E-state index in [0.717, 1.165) is 6.42 Å². The molecule has 0 heterocycles. The van der Waals surface area contributed by atoms with Crippen LogP contribution in [0.15, 0.2) is 24.8 Å². The fourth-order valence-electron chi connectivity index (χ4n) is 3.18. The van der Waals surface area contributed by atoms with E-state index in [2.05, 4.69) is 25.7 Å². The molecule has 0 radical (unpaired) electrons. The first-order chi connectivity index (χ1) is 12.3. The summed E-state index contributed by atoms with van der Waals surface area (Å²) in [7, 11) is 0. The lowest BCUT2D eigenvalue weighted by atomic mass is 10.0. The van der Waals surface area contributed by atoms with Crippen molar-refractivity contribution in [1.29, 1.82) is 0 Å². The second-order valence-electron chi connectivity index (χ2n) is 7.42. The Kier molecular flexibility index (Phi) is 20.5. The van der Waals surface area contributed by atoms with E-state index in [1.807, 2.05) is 0 Å². The molecule has 0 saturated heterocycles. The Bertz CT molecular complexity index is 316. The van der Waals surface area contributed by atoms with Crippen LogP contribution in [0.25, 0.3) is 0 Å². The van der Waals surface area contributed by atoms with Gasteiger partial charge < -0.3 is 0 Å². The van der Waals surface area contributed by atoms with Crippen molar-refractivity contribution >= 4 is 5.78 Å². The van der Waals surface area contributed by atoms with Crippen LogP contribution in [-0.2, 0) is 4.79 Å². The van der Waals surface area contributed by atoms with Crippen LogP contribution in [0.3, 0.4) is 0 Å². The molecule has 1 heteroatoms. The second-order valence-corrected chi connectivity index (χ2v) is 7.42. The Morgan fingerprint density at radius 1 is 0.640 bits per heavy atom. The third-order valence-corrected chi connectivity index (χ3v) is 4.91. The summed E-state index contributed by atoms with van der Waals surface area (Å²) in [4.78, 5) is 11.1. The summed E-state index contributed by atoms with van der Waals surface area (Å²) in [6.45, 7) is 5.79. The van der Waals surface area contributed by atoms with Crippen LogP contribution >= 0.6 is 0 Å². The quantitative estimate of drug-likeness (QED) is 0.123. The number of ketones is 1. The summed E-state index contributed by atoms with van der Waals surface area (Å²) in [5.74, 6) is 0.195. The van der Waals surface area contributed by atoms with Crippen molar-refractivity contribution < 1.29 is 4.79 Å². The van der Waals surface area contributed by atoms with Gasteiger partial charge in [-0.15, -0.1) is 0 Å². The first-order valence-electron chi connectivity index (χ1n) is 11.1. The average molecular weight is 349 g/mol. The Hall–Kier alpha value is -0.850. The molecule has 0 aliphatic carbocycles. The van der Waals surface area contributed by atoms with Crippen LogP contribution < -0.4 is 0 Å². The predicted molar refractivity (Wildman–Crippen MR) is 113 cm³/mol. The van der Waals surface area contributed by atoms with Gasteiger partial charge in [0.05, 0.1) is 0 Å². The molecule has 0 saturated carbocycles. The SMILES string of the molecule is C=CC(=O)CCCCCCCCCCC/C=C\CCCCCCCC. The number of allylic oxidation sites excluding steroid dienone is 3. The van der Waals surface area contributed by atoms with Crippen molar-refractivity contribution in [3.63, 3.8) is 0 Å². The maximum atomic E-state index is 11.1. The van der Waals surface area contributed by atoms with Gasteiger partial charge in [-0.25, -0.2) is 0 Å². The van der Waals surface area contributed by atoms with Gasteiger partial charge >= 0.3 is 0 Å². The molecule has 0 amide bonds. The van der Waals surface area contributed by atoms with Gasteiger partial charge in [0.15, 0.2) is 5.78 Å². The van der Waals surface area contributed by atoms with E-state index >= 15 is 0 Å². The van der Waals surface area contributed by atoms with Crippen LogP contribution in [0, 0.1) is 0 Å². The molecule has 25 heavy (non-hydrogen) atoms. The molecule has 0 aromatic carbocycles. The van der Waals surface area contributed by atoms with Gasteiger partial charge in [0.25, 0.3) is 0 Å². The number of carbonyl (C=O) groups excluding carboxylic acids is 1. The highest BCUT2D eigenvalue weighted by Crippen LogP contribution is 2.12. The second kappa shape index (κ2) is 21.2. The van der Waals surface area contributed by atoms with Crippen molar-refractivity contribution in [3.05, 3.63) is 24.8 Å². The van der Waals surface area contributed by atoms with Crippen molar-refractivity contribution in [1.82, 2.24) is 0 Å². The molecule has 0 spiro atoms. The van der Waals surface area contributed by atoms with Gasteiger partial charge in [-0.05, 0) is 38.2 Å². The topological polar surface area (TPSA) is 17.1 Å². The van der Waals surface area contributed by atoms with Crippen molar-refractivity contribution in [2.45, 2.75) is 122 Å². The van der Waals surface area contributed by atoms with E-state index in [0.29, 0.717) is 6.42 Å². The summed E-state index contributed by atoms with van der Waals surface area (Å²) >= 11 is 0. The molecule has 0 aliphatic heterocycles. The van der Waals surface area contributed by atoms with Crippen LogP contribution in [0.2, 0.25) is 0 Å². The highest BCUT2D eigenvalue weighted by molar-refractivity contribution is 5.88. The van der Waals surface area contributed by atoms with Crippen molar-refractivity contribution in [2.24, 2.45) is 0 Å². The minimum Gasteiger partial charge on any atom is -0.295 e. The Morgan fingerprint density at radius 2 is 1.04 bits per heavy atom. The Balaban J connectivity index is 3.10. The van der Waals surface area contributed by atoms with Gasteiger partial charge in [-0.1, -0.05) is 103 Å². The molecule has 0 rings (SSSR count). The monoisotopic (exact) mass is 348 g/mol. The molecule has 0 fully saturated rings. The van der Waals surface area contributed by atoms with Gasteiger partial charge in [0.2, 0.25) is 0 Å². The largest absolute Gasteiger partial charge is 0.295 e. The lowest BCUT2D eigenvalue weighted by molar-refractivity contribution is -0.114. The molecule has 0 unspecified atom stereocenters. The van der Waals surface area contributed by atoms with Gasteiger partial charge in [0.1, 0.15) is 0 Å². The molecule has 0 N–H and O–H groups in total. The van der Waals surface area contributed by atoms with Gasteiger partial charge in [0, 0.05) is 6.42 Å². The molecule has 1 nitrogen and oxygen atoms in total. The predicted octanol–water partition coefficient (Wildman–Crippen LogP) is 8.34. The maximum Gasteiger partial charge on any atom is 0.155 e. The third-order valence-electron chi connectivity index (χ3n) is 4.91. The minimum absolute atomic E-state index is 0.195. The van der Waals surface area contributed by atoms with Crippen LogP contribution in [-0.4, -0.2) is 5.78 Å². The highest BCUT2D eigenvalue weighted by Gasteiger charge is 1.96. The molecule has 0 aromatic rings. The molecular weight excluding hydrogens is 304 g/mol. The third kappa shape index (κ3) is 21.1. The Labute approximate surface area is 158 Å². The summed E-state index contributed by atoms with van der Waals surface area (Å²) in [6.07, 6.45) is 29.6. The summed E-state index contributed by atoms with van der Waals surface area (Å²) in [6, 6.07) is 0. The van der Waals surface area contributed by atoms with E-state index < -0.39 is 0 Å². The first kappa shape index (κ1) is 24.1. The molecule has 0 atom stereocenters. The standard InChI is InChI=1S/C24H44O/c1-3-5-6-7-8-9-10-11-12-13-14-15-16-17-18-19-20-21-22-23-24(25)4-2/h4,11-12H,2-3,5-10,13-23H2,1H3/b12-11-. The number of hydrogen-bond acceptors (Lipinski definition) is 1. The number of hydrogen-bond donors (Lipinski definition) is 0. The fourth-order valence-corrected chi connectivity index (χ4v) is 3.18. The fraction of sp³-hybridized carbons (Fsp3) is 0.792.